The molecule has 0 aliphatic heterocycles. The molecule has 1 aromatic carbocycles. The van der Waals surface area contributed by atoms with E-state index >= 15 is 0 Å². The Kier molecular flexibility index (Phi) is 4.49. The van der Waals surface area contributed by atoms with E-state index in [1.54, 1.807) is 0 Å². The summed E-state index contributed by atoms with van der Waals surface area (Å²) in [6.07, 6.45) is 5.67. The molecule has 92 valence electrons. The summed E-state index contributed by atoms with van der Waals surface area (Å²) in [7, 11) is 0. The first-order chi connectivity index (χ1) is 8.24. The zero-order chi connectivity index (χ0) is 12.1. The molecule has 0 unspecified atom stereocenters. The van der Waals surface area contributed by atoms with Crippen molar-refractivity contribution in [1.29, 1.82) is 0 Å². The minimum atomic E-state index is 0.122. The molecular weight excluding hydrogens is 230 g/mol. The first-order valence-electron chi connectivity index (χ1n) is 6.28. The van der Waals surface area contributed by atoms with Gasteiger partial charge in [0.25, 0.3) is 0 Å². The van der Waals surface area contributed by atoms with E-state index in [9.17, 15) is 4.79 Å². The van der Waals surface area contributed by atoms with Crippen molar-refractivity contribution in [3.8, 4) is 0 Å². The molecule has 0 bridgehead atoms. The topological polar surface area (TPSA) is 29.1 Å². The van der Waals surface area contributed by atoms with E-state index in [2.05, 4.69) is 17.9 Å². The molecule has 1 aromatic rings. The van der Waals surface area contributed by atoms with Crippen LogP contribution in [0.5, 0.6) is 0 Å². The first kappa shape index (κ1) is 12.5. The number of carbonyl (C=O) groups excluding carboxylic acids is 1. The van der Waals surface area contributed by atoms with Crippen molar-refractivity contribution in [1.82, 2.24) is 5.32 Å². The molecule has 1 saturated carbocycles. The van der Waals surface area contributed by atoms with Crippen LogP contribution in [0.1, 0.15) is 31.2 Å². The van der Waals surface area contributed by atoms with Crippen LogP contribution in [0.25, 0.3) is 0 Å². The maximum Gasteiger partial charge on any atom is 0.224 e. The molecule has 1 N–H and O–H groups in total. The highest BCUT2D eigenvalue weighted by molar-refractivity contribution is 7.80. The fraction of sp³-hybridized carbons (Fsp3) is 0.500. The van der Waals surface area contributed by atoms with Gasteiger partial charge in [-0.15, -0.1) is 12.6 Å². The van der Waals surface area contributed by atoms with Gasteiger partial charge in [-0.25, -0.2) is 0 Å². The number of carbonyl (C=O) groups is 1. The SMILES string of the molecule is O=C(Cc1ccc(S)cc1)NCCC1CCC1. The number of hydrogen-bond donors (Lipinski definition) is 2. The molecule has 2 nitrogen and oxygen atoms in total. The lowest BCUT2D eigenvalue weighted by atomic mass is 9.83. The van der Waals surface area contributed by atoms with Crippen LogP contribution in [-0.2, 0) is 11.2 Å². The Bertz CT molecular complexity index is 370. The molecule has 0 radical (unpaired) electrons. The second kappa shape index (κ2) is 6.10. The highest BCUT2D eigenvalue weighted by Crippen LogP contribution is 2.28. The highest BCUT2D eigenvalue weighted by atomic mass is 32.1. The molecule has 0 spiro atoms. The Balaban J connectivity index is 1.67. The number of nitrogens with one attached hydrogen (secondary N) is 1. The van der Waals surface area contributed by atoms with Gasteiger partial charge in [0.1, 0.15) is 0 Å². The van der Waals surface area contributed by atoms with Gasteiger partial charge in [0.05, 0.1) is 6.42 Å². The summed E-state index contributed by atoms with van der Waals surface area (Å²) in [6, 6.07) is 7.74. The highest BCUT2D eigenvalue weighted by Gasteiger charge is 2.16. The Hall–Kier alpha value is -0.960. The lowest BCUT2D eigenvalue weighted by molar-refractivity contribution is -0.120. The molecule has 0 atom stereocenters. The maximum atomic E-state index is 11.7. The predicted octanol–water partition coefficient (Wildman–Crippen LogP) is 2.82. The lowest BCUT2D eigenvalue weighted by Gasteiger charge is -2.25. The molecular formula is C14H19NOS. The largest absolute Gasteiger partial charge is 0.356 e. The zero-order valence-corrected chi connectivity index (χ0v) is 10.9. The number of amides is 1. The Morgan fingerprint density at radius 1 is 1.29 bits per heavy atom. The second-order valence-electron chi connectivity index (χ2n) is 4.78. The Morgan fingerprint density at radius 3 is 2.59 bits per heavy atom. The van der Waals surface area contributed by atoms with Crippen molar-refractivity contribution in [2.75, 3.05) is 6.54 Å². The van der Waals surface area contributed by atoms with Crippen LogP contribution < -0.4 is 5.32 Å². The number of thiol groups is 1. The van der Waals surface area contributed by atoms with Crippen LogP contribution in [0.2, 0.25) is 0 Å². The molecule has 1 amide bonds. The van der Waals surface area contributed by atoms with E-state index in [1.807, 2.05) is 24.3 Å². The molecule has 1 fully saturated rings. The average Bonchev–Trinajstić information content (AvgIpc) is 2.25. The third-order valence-electron chi connectivity index (χ3n) is 3.40. The van der Waals surface area contributed by atoms with E-state index in [-0.39, 0.29) is 5.91 Å². The van der Waals surface area contributed by atoms with Gasteiger partial charge in [-0.1, -0.05) is 31.4 Å². The van der Waals surface area contributed by atoms with E-state index < -0.39 is 0 Å². The van der Waals surface area contributed by atoms with Gasteiger partial charge >= 0.3 is 0 Å². The predicted molar refractivity (Wildman–Crippen MR) is 72.4 cm³/mol. The van der Waals surface area contributed by atoms with Crippen molar-refractivity contribution in [3.05, 3.63) is 29.8 Å². The summed E-state index contributed by atoms with van der Waals surface area (Å²) in [5.41, 5.74) is 1.05. The maximum absolute atomic E-state index is 11.7. The third kappa shape index (κ3) is 4.08. The fourth-order valence-corrected chi connectivity index (χ4v) is 2.21. The van der Waals surface area contributed by atoms with E-state index in [1.165, 1.54) is 19.3 Å². The zero-order valence-electron chi connectivity index (χ0n) is 9.98. The van der Waals surface area contributed by atoms with Gasteiger partial charge in [-0.3, -0.25) is 4.79 Å². The summed E-state index contributed by atoms with van der Waals surface area (Å²) in [5.74, 6) is 0.981. The standard InChI is InChI=1S/C14H19NOS/c16-14(15-9-8-11-2-1-3-11)10-12-4-6-13(17)7-5-12/h4-7,11,17H,1-3,8-10H2,(H,15,16). The van der Waals surface area contributed by atoms with Crippen molar-refractivity contribution >= 4 is 18.5 Å². The van der Waals surface area contributed by atoms with Gasteiger partial charge in [0.15, 0.2) is 0 Å². The summed E-state index contributed by atoms with van der Waals surface area (Å²) in [5, 5.41) is 2.99. The van der Waals surface area contributed by atoms with Crippen molar-refractivity contribution in [3.63, 3.8) is 0 Å². The normalized spacial score (nSPS) is 15.4. The van der Waals surface area contributed by atoms with Crippen molar-refractivity contribution in [2.45, 2.75) is 37.0 Å². The van der Waals surface area contributed by atoms with Crippen molar-refractivity contribution in [2.24, 2.45) is 5.92 Å². The van der Waals surface area contributed by atoms with E-state index in [4.69, 9.17) is 0 Å². The molecule has 0 aromatic heterocycles. The van der Waals surface area contributed by atoms with Crippen LogP contribution >= 0.6 is 12.6 Å². The van der Waals surface area contributed by atoms with Gasteiger partial charge in [-0.05, 0) is 30.0 Å². The molecule has 1 aliphatic carbocycles. The minimum absolute atomic E-state index is 0.122. The lowest BCUT2D eigenvalue weighted by Crippen LogP contribution is -2.28. The quantitative estimate of drug-likeness (QED) is 0.772. The smallest absolute Gasteiger partial charge is 0.224 e. The molecule has 0 saturated heterocycles. The van der Waals surface area contributed by atoms with Crippen molar-refractivity contribution < 1.29 is 4.79 Å². The van der Waals surface area contributed by atoms with Gasteiger partial charge in [-0.2, -0.15) is 0 Å². The van der Waals surface area contributed by atoms with E-state index in [0.29, 0.717) is 6.42 Å². The van der Waals surface area contributed by atoms with E-state index in [0.717, 1.165) is 29.3 Å². The molecule has 0 heterocycles. The summed E-state index contributed by atoms with van der Waals surface area (Å²) < 4.78 is 0. The Morgan fingerprint density at radius 2 is 2.00 bits per heavy atom. The van der Waals surface area contributed by atoms with Crippen LogP contribution in [-0.4, -0.2) is 12.5 Å². The third-order valence-corrected chi connectivity index (χ3v) is 3.70. The van der Waals surface area contributed by atoms with Gasteiger partial charge < -0.3 is 5.32 Å². The van der Waals surface area contributed by atoms with Crippen LogP contribution in [0.4, 0.5) is 0 Å². The number of rotatable bonds is 5. The van der Waals surface area contributed by atoms with Crippen LogP contribution in [0.15, 0.2) is 29.2 Å². The second-order valence-corrected chi connectivity index (χ2v) is 5.30. The summed E-state index contributed by atoms with van der Waals surface area (Å²) in [6.45, 7) is 0.828. The molecule has 2 rings (SSSR count). The first-order valence-corrected chi connectivity index (χ1v) is 6.73. The number of benzene rings is 1. The van der Waals surface area contributed by atoms with Crippen LogP contribution in [0, 0.1) is 5.92 Å². The molecule has 17 heavy (non-hydrogen) atoms. The fourth-order valence-electron chi connectivity index (χ4n) is 2.06. The van der Waals surface area contributed by atoms with Gasteiger partial charge in [0.2, 0.25) is 5.91 Å². The summed E-state index contributed by atoms with van der Waals surface area (Å²) >= 11 is 4.22. The molecule has 1 aliphatic rings. The summed E-state index contributed by atoms with van der Waals surface area (Å²) in [4.78, 5) is 12.6. The number of hydrogen-bond acceptors (Lipinski definition) is 2. The Labute approximate surface area is 108 Å². The monoisotopic (exact) mass is 249 g/mol. The van der Waals surface area contributed by atoms with Gasteiger partial charge in [0, 0.05) is 11.4 Å². The molecule has 3 heteroatoms. The average molecular weight is 249 g/mol. The van der Waals surface area contributed by atoms with Crippen LogP contribution in [0.3, 0.4) is 0 Å². The minimum Gasteiger partial charge on any atom is -0.356 e.